The molecule has 1 aliphatic heterocycles. The minimum atomic E-state index is -0.317. The molecule has 0 fully saturated rings. The Morgan fingerprint density at radius 2 is 1.58 bits per heavy atom. The van der Waals surface area contributed by atoms with Gasteiger partial charge in [0.15, 0.2) is 0 Å². The number of benzene rings is 1. The van der Waals surface area contributed by atoms with Crippen LogP contribution in [0.15, 0.2) is 54.8 Å². The Morgan fingerprint density at radius 3 is 2.25 bits per heavy atom. The van der Waals surface area contributed by atoms with E-state index in [4.69, 9.17) is 4.74 Å². The lowest BCUT2D eigenvalue weighted by Crippen LogP contribution is -2.33. The molecule has 130 valence electrons. The largest absolute Gasteiger partial charge is 0.419 e. The molecule has 0 saturated carbocycles. The molecule has 1 aromatic rings. The van der Waals surface area contributed by atoms with Crippen molar-refractivity contribution in [2.75, 3.05) is 6.54 Å². The third-order valence-corrected chi connectivity index (χ3v) is 4.38. The maximum Gasteiger partial charge on any atom is 0.419 e. The quantitative estimate of drug-likeness (QED) is 0.658. The van der Waals surface area contributed by atoms with Crippen LogP contribution < -0.4 is 4.74 Å². The van der Waals surface area contributed by atoms with Crippen LogP contribution in [0.25, 0.3) is 0 Å². The van der Waals surface area contributed by atoms with Crippen LogP contribution in [0.2, 0.25) is 0 Å². The Bertz CT molecular complexity index is 536. The van der Waals surface area contributed by atoms with Crippen molar-refractivity contribution in [1.82, 2.24) is 4.90 Å². The Balaban J connectivity index is 2.07. The molecule has 3 heteroatoms. The van der Waals surface area contributed by atoms with Gasteiger partial charge in [0.05, 0.1) is 0 Å². The van der Waals surface area contributed by atoms with Crippen molar-refractivity contribution in [2.45, 2.75) is 57.8 Å². The van der Waals surface area contributed by atoms with Gasteiger partial charge < -0.3 is 4.74 Å². The monoisotopic (exact) mass is 327 g/mol. The smallest absolute Gasteiger partial charge is 0.410 e. The molecule has 0 radical (unpaired) electrons. The second kappa shape index (κ2) is 10.7. The van der Waals surface area contributed by atoms with Gasteiger partial charge >= 0.3 is 6.09 Å². The maximum absolute atomic E-state index is 12.6. The lowest BCUT2D eigenvalue weighted by Gasteiger charge is -2.23. The number of carbonyl (C=O) groups excluding carboxylic acids is 1. The molecule has 0 bridgehead atoms. The highest BCUT2D eigenvalue weighted by Gasteiger charge is 2.18. The van der Waals surface area contributed by atoms with E-state index < -0.39 is 0 Å². The molecule has 1 aromatic carbocycles. The summed E-state index contributed by atoms with van der Waals surface area (Å²) in [5.74, 6) is 0.578. The molecule has 0 unspecified atom stereocenters. The summed E-state index contributed by atoms with van der Waals surface area (Å²) < 4.78 is 5.53. The number of ether oxygens (including phenoxy) is 1. The van der Waals surface area contributed by atoms with Gasteiger partial charge in [-0.05, 0) is 37.5 Å². The van der Waals surface area contributed by atoms with Crippen molar-refractivity contribution in [2.24, 2.45) is 0 Å². The van der Waals surface area contributed by atoms with Crippen molar-refractivity contribution in [1.29, 1.82) is 0 Å². The predicted octanol–water partition coefficient (Wildman–Crippen LogP) is 6.08. The van der Waals surface area contributed by atoms with Gasteiger partial charge in [-0.1, -0.05) is 69.4 Å². The van der Waals surface area contributed by atoms with E-state index in [-0.39, 0.29) is 6.09 Å². The Hall–Kier alpha value is -2.03. The number of hydrogen-bond donors (Lipinski definition) is 0. The van der Waals surface area contributed by atoms with Crippen LogP contribution in [0.3, 0.4) is 0 Å². The summed E-state index contributed by atoms with van der Waals surface area (Å²) >= 11 is 0. The van der Waals surface area contributed by atoms with E-state index in [2.05, 4.69) is 12.7 Å². The first-order valence-electron chi connectivity index (χ1n) is 9.18. The molecule has 0 N–H and O–H groups in total. The molecule has 0 aromatic heterocycles. The first kappa shape index (κ1) is 18.3. The zero-order chi connectivity index (χ0) is 17.0. The van der Waals surface area contributed by atoms with E-state index >= 15 is 0 Å². The standard InChI is InChI=1S/C21H29NO2/c1-2-19-15-11-8-6-4-3-5-7-9-14-18-22(19)21(23)24-20-16-12-10-13-17-20/h2,10,12-13,15-17H,1,3-9,11,14,18H2/b19-15+. The van der Waals surface area contributed by atoms with Crippen LogP contribution in [0.5, 0.6) is 5.75 Å². The van der Waals surface area contributed by atoms with Gasteiger partial charge in [-0.15, -0.1) is 0 Å². The van der Waals surface area contributed by atoms with Crippen LogP contribution in [-0.4, -0.2) is 17.5 Å². The maximum atomic E-state index is 12.6. The molecular formula is C21H29NO2. The van der Waals surface area contributed by atoms with E-state index in [0.29, 0.717) is 12.3 Å². The molecule has 0 aliphatic carbocycles. The van der Waals surface area contributed by atoms with Crippen LogP contribution in [0, 0.1) is 0 Å². The number of rotatable bonds is 2. The molecule has 2 rings (SSSR count). The lowest BCUT2D eigenvalue weighted by molar-refractivity contribution is 0.166. The minimum absolute atomic E-state index is 0.317. The van der Waals surface area contributed by atoms with E-state index in [1.54, 1.807) is 23.1 Å². The van der Waals surface area contributed by atoms with Crippen molar-refractivity contribution < 1.29 is 9.53 Å². The predicted molar refractivity (Wildman–Crippen MR) is 99.0 cm³/mol. The average Bonchev–Trinajstić information content (AvgIpc) is 2.63. The fourth-order valence-electron chi connectivity index (χ4n) is 3.00. The second-order valence-electron chi connectivity index (χ2n) is 6.28. The summed E-state index contributed by atoms with van der Waals surface area (Å²) in [5, 5.41) is 0. The molecule has 0 atom stereocenters. The van der Waals surface area contributed by atoms with Gasteiger partial charge in [0.1, 0.15) is 5.75 Å². The summed E-state index contributed by atoms with van der Waals surface area (Å²) in [7, 11) is 0. The number of nitrogens with zero attached hydrogens (tertiary/aromatic N) is 1. The van der Waals surface area contributed by atoms with Gasteiger partial charge in [0.25, 0.3) is 0 Å². The normalized spacial score (nSPS) is 19.8. The Labute approximate surface area is 146 Å². The Kier molecular flexibility index (Phi) is 8.16. The van der Waals surface area contributed by atoms with Crippen molar-refractivity contribution >= 4 is 6.09 Å². The van der Waals surface area contributed by atoms with Crippen LogP contribution in [-0.2, 0) is 0 Å². The average molecular weight is 327 g/mol. The van der Waals surface area contributed by atoms with Gasteiger partial charge in [-0.25, -0.2) is 4.79 Å². The highest BCUT2D eigenvalue weighted by atomic mass is 16.6. The second-order valence-corrected chi connectivity index (χ2v) is 6.28. The highest BCUT2D eigenvalue weighted by molar-refractivity contribution is 5.73. The number of carbonyl (C=O) groups is 1. The first-order chi connectivity index (χ1) is 11.8. The molecule has 0 spiro atoms. The summed E-state index contributed by atoms with van der Waals surface area (Å²) in [6.07, 6.45) is 14.3. The first-order valence-corrected chi connectivity index (χ1v) is 9.18. The fourth-order valence-corrected chi connectivity index (χ4v) is 3.00. The SMILES string of the molecule is C=C/C1=C\CCCCCCCCCCN1C(=O)Oc1ccccc1. The summed E-state index contributed by atoms with van der Waals surface area (Å²) in [6, 6.07) is 9.25. The van der Waals surface area contributed by atoms with Crippen LogP contribution >= 0.6 is 0 Å². The number of allylic oxidation sites excluding steroid dienone is 2. The van der Waals surface area contributed by atoms with E-state index in [0.717, 1.165) is 25.0 Å². The Morgan fingerprint density at radius 1 is 0.958 bits per heavy atom. The number of amides is 1. The van der Waals surface area contributed by atoms with Crippen molar-refractivity contribution in [3.8, 4) is 5.75 Å². The summed E-state index contributed by atoms with van der Waals surface area (Å²) in [4.78, 5) is 14.4. The van der Waals surface area contributed by atoms with Gasteiger partial charge in [-0.3, -0.25) is 4.90 Å². The van der Waals surface area contributed by atoms with Crippen LogP contribution in [0.1, 0.15) is 57.8 Å². The topological polar surface area (TPSA) is 29.5 Å². The molecule has 3 nitrogen and oxygen atoms in total. The molecule has 1 heterocycles. The fraction of sp³-hybridized carbons (Fsp3) is 0.476. The van der Waals surface area contributed by atoms with Gasteiger partial charge in [0, 0.05) is 12.2 Å². The third-order valence-electron chi connectivity index (χ3n) is 4.38. The van der Waals surface area contributed by atoms with Crippen molar-refractivity contribution in [3.63, 3.8) is 0 Å². The zero-order valence-corrected chi connectivity index (χ0v) is 14.6. The van der Waals surface area contributed by atoms with Gasteiger partial charge in [-0.2, -0.15) is 0 Å². The van der Waals surface area contributed by atoms with Crippen molar-refractivity contribution in [3.05, 3.63) is 54.8 Å². The molecule has 1 aliphatic rings. The zero-order valence-electron chi connectivity index (χ0n) is 14.6. The van der Waals surface area contributed by atoms with E-state index in [9.17, 15) is 4.79 Å². The lowest BCUT2D eigenvalue weighted by atomic mass is 10.1. The molecule has 24 heavy (non-hydrogen) atoms. The van der Waals surface area contributed by atoms with E-state index in [1.807, 2.05) is 18.2 Å². The molecular weight excluding hydrogens is 298 g/mol. The van der Waals surface area contributed by atoms with Gasteiger partial charge in [0.2, 0.25) is 0 Å². The highest BCUT2D eigenvalue weighted by Crippen LogP contribution is 2.18. The summed E-state index contributed by atoms with van der Waals surface area (Å²) in [5.41, 5.74) is 0.871. The molecule has 1 amide bonds. The number of hydrogen-bond acceptors (Lipinski definition) is 2. The molecule has 0 saturated heterocycles. The van der Waals surface area contributed by atoms with E-state index in [1.165, 1.54) is 38.5 Å². The van der Waals surface area contributed by atoms with Crippen LogP contribution in [0.4, 0.5) is 4.79 Å². The number of para-hydroxylation sites is 1. The summed E-state index contributed by atoms with van der Waals surface area (Å²) in [6.45, 7) is 4.58. The minimum Gasteiger partial charge on any atom is -0.410 e. The third kappa shape index (κ3) is 6.23.